The third-order valence-electron chi connectivity index (χ3n) is 4.25. The van der Waals surface area contributed by atoms with Crippen LogP contribution < -0.4 is 9.47 Å². The maximum Gasteiger partial charge on any atom is 0.161 e. The summed E-state index contributed by atoms with van der Waals surface area (Å²) >= 11 is 0. The van der Waals surface area contributed by atoms with Crippen LogP contribution in [0.5, 0.6) is 11.5 Å². The van der Waals surface area contributed by atoms with Crippen molar-refractivity contribution in [2.45, 2.75) is 31.3 Å². The molecule has 1 heterocycles. The van der Waals surface area contributed by atoms with Gasteiger partial charge in [0.05, 0.1) is 25.9 Å². The van der Waals surface area contributed by atoms with Crippen LogP contribution in [0.1, 0.15) is 25.7 Å². The van der Waals surface area contributed by atoms with Crippen molar-refractivity contribution in [2.24, 2.45) is 0 Å². The summed E-state index contributed by atoms with van der Waals surface area (Å²) in [5.74, 6) is 1.53. The number of hydrogen-bond donors (Lipinski definition) is 2. The van der Waals surface area contributed by atoms with Gasteiger partial charge in [-0.3, -0.25) is 0 Å². The number of methoxy groups -OCH3 is 1. The second-order valence-electron chi connectivity index (χ2n) is 5.93. The lowest BCUT2D eigenvalue weighted by molar-refractivity contribution is -0.0254. The Bertz CT molecular complexity index is 454. The van der Waals surface area contributed by atoms with Gasteiger partial charge in [-0.15, -0.1) is 0 Å². The fourth-order valence-electron chi connectivity index (χ4n) is 2.82. The minimum absolute atomic E-state index is 0.141. The van der Waals surface area contributed by atoms with Crippen LogP contribution in [0.2, 0.25) is 0 Å². The summed E-state index contributed by atoms with van der Waals surface area (Å²) in [4.78, 5) is 2.33. The zero-order chi connectivity index (χ0) is 15.8. The van der Waals surface area contributed by atoms with Crippen LogP contribution in [-0.2, 0) is 0 Å². The summed E-state index contributed by atoms with van der Waals surface area (Å²) in [7, 11) is 1.64. The summed E-state index contributed by atoms with van der Waals surface area (Å²) in [5.41, 5.74) is -0.886. The molecule has 0 spiro atoms. The number of hydrogen-bond acceptors (Lipinski definition) is 5. The van der Waals surface area contributed by atoms with Crippen molar-refractivity contribution in [3.8, 4) is 11.5 Å². The van der Waals surface area contributed by atoms with Gasteiger partial charge < -0.3 is 24.6 Å². The molecule has 1 aliphatic heterocycles. The fraction of sp³-hybridized carbons (Fsp3) is 0.647. The lowest BCUT2D eigenvalue weighted by atomic mass is 9.96. The van der Waals surface area contributed by atoms with E-state index in [0.717, 1.165) is 44.0 Å². The van der Waals surface area contributed by atoms with Gasteiger partial charge in [-0.1, -0.05) is 12.1 Å². The number of rotatable bonds is 7. The molecule has 2 N–H and O–H groups in total. The average Bonchev–Trinajstić information content (AvgIpc) is 2.74. The van der Waals surface area contributed by atoms with Gasteiger partial charge in [-0.05, 0) is 44.4 Å². The molecule has 0 amide bonds. The number of aliphatic hydroxyl groups excluding tert-OH is 1. The van der Waals surface area contributed by atoms with E-state index in [-0.39, 0.29) is 6.61 Å². The Hall–Kier alpha value is -1.30. The lowest BCUT2D eigenvalue weighted by Crippen LogP contribution is -2.35. The van der Waals surface area contributed by atoms with Crippen molar-refractivity contribution in [3.63, 3.8) is 0 Å². The molecule has 5 heteroatoms. The highest BCUT2D eigenvalue weighted by Gasteiger charge is 2.28. The number of ether oxygens (including phenoxy) is 2. The fourth-order valence-corrected chi connectivity index (χ4v) is 2.82. The molecular formula is C17H27NO4. The summed E-state index contributed by atoms with van der Waals surface area (Å²) in [6, 6.07) is 7.65. The van der Waals surface area contributed by atoms with E-state index in [9.17, 15) is 10.2 Å². The standard InChI is InChI=1S/C17H27NO4/c1-21-15-6-2-3-7-16(15)22-13-5-11-18-10-4-8-17(20,14-19)9-12-18/h2-3,6-7,19-20H,4-5,8-14H2,1H3/t17-/m0/s1. The van der Waals surface area contributed by atoms with Crippen molar-refractivity contribution in [1.82, 2.24) is 4.90 Å². The predicted octanol–water partition coefficient (Wildman–Crippen LogP) is 1.67. The molecule has 0 aliphatic carbocycles. The predicted molar refractivity (Wildman–Crippen MR) is 85.4 cm³/mol. The highest BCUT2D eigenvalue weighted by molar-refractivity contribution is 5.39. The third-order valence-corrected chi connectivity index (χ3v) is 4.25. The number of likely N-dealkylation sites (tertiary alicyclic amines) is 1. The van der Waals surface area contributed by atoms with E-state index in [2.05, 4.69) is 4.90 Å². The van der Waals surface area contributed by atoms with Gasteiger partial charge >= 0.3 is 0 Å². The zero-order valence-electron chi connectivity index (χ0n) is 13.3. The molecule has 1 saturated heterocycles. The van der Waals surface area contributed by atoms with Crippen LogP contribution in [0.25, 0.3) is 0 Å². The quantitative estimate of drug-likeness (QED) is 0.750. The Morgan fingerprint density at radius 2 is 1.95 bits per heavy atom. The Labute approximate surface area is 132 Å². The van der Waals surface area contributed by atoms with Crippen molar-refractivity contribution in [3.05, 3.63) is 24.3 Å². The summed E-state index contributed by atoms with van der Waals surface area (Å²) < 4.78 is 11.0. The first-order valence-corrected chi connectivity index (χ1v) is 7.98. The summed E-state index contributed by atoms with van der Waals surface area (Å²) in [6.45, 7) is 3.23. The monoisotopic (exact) mass is 309 g/mol. The van der Waals surface area contributed by atoms with E-state index in [0.29, 0.717) is 19.4 Å². The first-order chi connectivity index (χ1) is 10.7. The van der Waals surface area contributed by atoms with E-state index in [1.165, 1.54) is 0 Å². The minimum atomic E-state index is -0.886. The molecule has 0 saturated carbocycles. The van der Waals surface area contributed by atoms with Crippen molar-refractivity contribution < 1.29 is 19.7 Å². The van der Waals surface area contributed by atoms with E-state index in [1.54, 1.807) is 7.11 Å². The van der Waals surface area contributed by atoms with Gasteiger partial charge in [0.1, 0.15) is 0 Å². The molecule has 0 unspecified atom stereocenters. The van der Waals surface area contributed by atoms with Gasteiger partial charge in [0.2, 0.25) is 0 Å². The zero-order valence-corrected chi connectivity index (χ0v) is 13.3. The van der Waals surface area contributed by atoms with Crippen LogP contribution in [0.4, 0.5) is 0 Å². The normalized spacial score (nSPS) is 23.0. The highest BCUT2D eigenvalue weighted by Crippen LogP contribution is 2.26. The van der Waals surface area contributed by atoms with Crippen molar-refractivity contribution >= 4 is 0 Å². The van der Waals surface area contributed by atoms with Crippen molar-refractivity contribution in [2.75, 3.05) is 40.0 Å². The number of para-hydroxylation sites is 2. The summed E-state index contributed by atoms with van der Waals surface area (Å²) in [6.07, 6.45) is 3.16. The number of benzene rings is 1. The molecule has 1 atom stereocenters. The molecule has 2 rings (SSSR count). The van der Waals surface area contributed by atoms with Gasteiger partial charge in [-0.2, -0.15) is 0 Å². The van der Waals surface area contributed by atoms with Crippen LogP contribution >= 0.6 is 0 Å². The molecule has 1 aliphatic rings. The molecule has 1 aromatic carbocycles. The molecule has 1 fully saturated rings. The Morgan fingerprint density at radius 3 is 2.68 bits per heavy atom. The Balaban J connectivity index is 1.70. The van der Waals surface area contributed by atoms with E-state index in [4.69, 9.17) is 9.47 Å². The average molecular weight is 309 g/mol. The van der Waals surface area contributed by atoms with Crippen LogP contribution in [-0.4, -0.2) is 60.7 Å². The molecule has 5 nitrogen and oxygen atoms in total. The van der Waals surface area contributed by atoms with Crippen molar-refractivity contribution in [1.29, 1.82) is 0 Å². The Morgan fingerprint density at radius 1 is 1.18 bits per heavy atom. The molecule has 0 radical (unpaired) electrons. The van der Waals surface area contributed by atoms with E-state index in [1.807, 2.05) is 24.3 Å². The number of nitrogens with zero attached hydrogens (tertiary/aromatic N) is 1. The topological polar surface area (TPSA) is 62.2 Å². The highest BCUT2D eigenvalue weighted by atomic mass is 16.5. The van der Waals surface area contributed by atoms with Gasteiger partial charge in [-0.25, -0.2) is 0 Å². The molecular weight excluding hydrogens is 282 g/mol. The molecule has 0 aromatic heterocycles. The SMILES string of the molecule is COc1ccccc1OCCCN1CCC[C@@](O)(CO)CC1. The molecule has 1 aromatic rings. The first-order valence-electron chi connectivity index (χ1n) is 7.98. The second kappa shape index (κ2) is 8.36. The first kappa shape index (κ1) is 17.1. The van der Waals surface area contributed by atoms with E-state index >= 15 is 0 Å². The van der Waals surface area contributed by atoms with Gasteiger partial charge in [0, 0.05) is 13.1 Å². The smallest absolute Gasteiger partial charge is 0.161 e. The molecule has 22 heavy (non-hydrogen) atoms. The van der Waals surface area contributed by atoms with E-state index < -0.39 is 5.60 Å². The second-order valence-corrected chi connectivity index (χ2v) is 5.93. The Kier molecular flexibility index (Phi) is 6.49. The molecule has 124 valence electrons. The summed E-state index contributed by atoms with van der Waals surface area (Å²) in [5, 5.41) is 19.4. The third kappa shape index (κ3) is 4.87. The van der Waals surface area contributed by atoms with Crippen LogP contribution in [0.15, 0.2) is 24.3 Å². The van der Waals surface area contributed by atoms with Crippen LogP contribution in [0, 0.1) is 0 Å². The van der Waals surface area contributed by atoms with Crippen LogP contribution in [0.3, 0.4) is 0 Å². The van der Waals surface area contributed by atoms with Gasteiger partial charge in [0.25, 0.3) is 0 Å². The largest absolute Gasteiger partial charge is 0.493 e. The maximum absolute atomic E-state index is 10.1. The molecule has 0 bridgehead atoms. The lowest BCUT2D eigenvalue weighted by Gasteiger charge is -2.24. The van der Waals surface area contributed by atoms with Gasteiger partial charge in [0.15, 0.2) is 11.5 Å². The minimum Gasteiger partial charge on any atom is -0.493 e. The maximum atomic E-state index is 10.1. The number of aliphatic hydroxyl groups is 2.